The second-order valence-corrected chi connectivity index (χ2v) is 5.29. The van der Waals surface area contributed by atoms with Crippen molar-refractivity contribution in [2.45, 2.75) is 46.6 Å². The Balaban J connectivity index is 2.84. The highest BCUT2D eigenvalue weighted by atomic mass is 16.4. The van der Waals surface area contributed by atoms with E-state index in [1.807, 2.05) is 6.92 Å². The molecule has 0 spiro atoms. The lowest BCUT2D eigenvalue weighted by Crippen LogP contribution is -2.52. The van der Waals surface area contributed by atoms with Crippen molar-refractivity contribution in [3.63, 3.8) is 0 Å². The molecule has 0 radical (unpaired) electrons. The van der Waals surface area contributed by atoms with E-state index in [0.29, 0.717) is 12.5 Å². The summed E-state index contributed by atoms with van der Waals surface area (Å²) in [5.41, 5.74) is -1.31. The summed E-state index contributed by atoms with van der Waals surface area (Å²) in [5, 5.41) is 9.05. The van der Waals surface area contributed by atoms with Crippen LogP contribution in [0.5, 0.6) is 0 Å². The van der Waals surface area contributed by atoms with Gasteiger partial charge in [-0.15, -0.1) is 0 Å². The van der Waals surface area contributed by atoms with Crippen LogP contribution < -0.4 is 0 Å². The minimum absolute atomic E-state index is 0.139. The summed E-state index contributed by atoms with van der Waals surface area (Å²) in [5.74, 6) is -0.871. The molecule has 1 saturated heterocycles. The summed E-state index contributed by atoms with van der Waals surface area (Å²) in [6.45, 7) is 7.74. The van der Waals surface area contributed by atoms with Crippen LogP contribution in [0.4, 0.5) is 0 Å². The number of hydrogen-bond acceptors (Lipinski definition) is 2. The van der Waals surface area contributed by atoms with Gasteiger partial charge in [-0.3, -0.25) is 9.59 Å². The Labute approximate surface area is 96.6 Å². The molecule has 4 heteroatoms. The molecule has 2 atom stereocenters. The average molecular weight is 227 g/mol. The van der Waals surface area contributed by atoms with Gasteiger partial charge in [-0.1, -0.05) is 6.92 Å². The Kier molecular flexibility index (Phi) is 3.61. The molecule has 1 aliphatic heterocycles. The number of carbonyl (C=O) groups is 2. The lowest BCUT2D eigenvalue weighted by Gasteiger charge is -2.40. The summed E-state index contributed by atoms with van der Waals surface area (Å²) in [4.78, 5) is 24.9. The minimum Gasteiger partial charge on any atom is -0.480 e. The maximum absolute atomic E-state index is 12.2. The molecule has 1 heterocycles. The van der Waals surface area contributed by atoms with Crippen LogP contribution in [0.3, 0.4) is 0 Å². The molecule has 4 nitrogen and oxygen atoms in total. The van der Waals surface area contributed by atoms with Crippen LogP contribution in [-0.2, 0) is 9.59 Å². The van der Waals surface area contributed by atoms with E-state index in [2.05, 4.69) is 6.92 Å². The maximum Gasteiger partial charge on any atom is 0.318 e. The summed E-state index contributed by atoms with van der Waals surface area (Å²) < 4.78 is 0. The third kappa shape index (κ3) is 2.20. The average Bonchev–Trinajstić information content (AvgIpc) is 2.21. The van der Waals surface area contributed by atoms with E-state index in [0.717, 1.165) is 12.8 Å². The maximum atomic E-state index is 12.2. The molecule has 1 aliphatic rings. The van der Waals surface area contributed by atoms with Gasteiger partial charge in [0.15, 0.2) is 0 Å². The first-order valence-corrected chi connectivity index (χ1v) is 5.83. The van der Waals surface area contributed by atoms with Gasteiger partial charge >= 0.3 is 5.97 Å². The standard InChI is InChI=1S/C12H21NO3/c1-8-6-5-7-13(9(8)2)10(14)12(3,4)11(15)16/h8-9H,5-7H2,1-4H3,(H,15,16). The van der Waals surface area contributed by atoms with Crippen LogP contribution >= 0.6 is 0 Å². The summed E-state index contributed by atoms with van der Waals surface area (Å²) in [6, 6.07) is 0.139. The Morgan fingerprint density at radius 3 is 2.38 bits per heavy atom. The molecule has 0 aromatic carbocycles. The largest absolute Gasteiger partial charge is 0.480 e. The zero-order valence-electron chi connectivity index (χ0n) is 10.5. The quantitative estimate of drug-likeness (QED) is 0.731. The summed E-state index contributed by atoms with van der Waals surface area (Å²) in [7, 11) is 0. The van der Waals surface area contributed by atoms with Crippen molar-refractivity contribution < 1.29 is 14.7 Å². The van der Waals surface area contributed by atoms with E-state index in [1.54, 1.807) is 4.90 Å². The van der Waals surface area contributed by atoms with Gasteiger partial charge in [-0.05, 0) is 39.5 Å². The normalized spacial score (nSPS) is 26.6. The molecular formula is C12H21NO3. The fourth-order valence-corrected chi connectivity index (χ4v) is 2.07. The first-order chi connectivity index (χ1) is 7.28. The van der Waals surface area contributed by atoms with Gasteiger partial charge in [0.2, 0.25) is 5.91 Å². The van der Waals surface area contributed by atoms with Crippen LogP contribution in [0.2, 0.25) is 0 Å². The Hall–Kier alpha value is -1.06. The number of carbonyl (C=O) groups excluding carboxylic acids is 1. The number of aliphatic carboxylic acids is 1. The topological polar surface area (TPSA) is 57.6 Å². The summed E-state index contributed by atoms with van der Waals surface area (Å²) in [6.07, 6.45) is 2.07. The smallest absolute Gasteiger partial charge is 0.318 e. The number of piperidine rings is 1. The predicted octanol–water partition coefficient (Wildman–Crippen LogP) is 1.74. The molecule has 16 heavy (non-hydrogen) atoms. The number of amides is 1. The zero-order valence-corrected chi connectivity index (χ0v) is 10.5. The minimum atomic E-state index is -1.31. The van der Waals surface area contributed by atoms with Gasteiger partial charge in [0.05, 0.1) is 0 Å². The SMILES string of the molecule is CC1CCCN(C(=O)C(C)(C)C(=O)O)C1C. The molecule has 1 rings (SSSR count). The molecule has 1 fully saturated rings. The molecule has 0 aliphatic carbocycles. The second-order valence-electron chi connectivity index (χ2n) is 5.29. The van der Waals surface area contributed by atoms with Crippen molar-refractivity contribution in [3.8, 4) is 0 Å². The first-order valence-electron chi connectivity index (χ1n) is 5.83. The second kappa shape index (κ2) is 4.44. The number of rotatable bonds is 2. The van der Waals surface area contributed by atoms with Crippen LogP contribution in [0.25, 0.3) is 0 Å². The van der Waals surface area contributed by atoms with E-state index in [1.165, 1.54) is 13.8 Å². The van der Waals surface area contributed by atoms with Gasteiger partial charge in [-0.2, -0.15) is 0 Å². The van der Waals surface area contributed by atoms with E-state index in [-0.39, 0.29) is 11.9 Å². The van der Waals surface area contributed by atoms with Gasteiger partial charge in [-0.25, -0.2) is 0 Å². The number of likely N-dealkylation sites (tertiary alicyclic amines) is 1. The van der Waals surface area contributed by atoms with Gasteiger partial charge < -0.3 is 10.0 Å². The fourth-order valence-electron chi connectivity index (χ4n) is 2.07. The van der Waals surface area contributed by atoms with Crippen LogP contribution in [0.1, 0.15) is 40.5 Å². The monoisotopic (exact) mass is 227 g/mol. The molecular weight excluding hydrogens is 206 g/mol. The molecule has 92 valence electrons. The predicted molar refractivity (Wildman–Crippen MR) is 61.0 cm³/mol. The van der Waals surface area contributed by atoms with Crippen molar-refractivity contribution in [2.75, 3.05) is 6.54 Å². The third-order valence-corrected chi connectivity index (χ3v) is 3.70. The van der Waals surface area contributed by atoms with Gasteiger partial charge in [0.25, 0.3) is 0 Å². The number of carboxylic acids is 1. The lowest BCUT2D eigenvalue weighted by molar-refractivity contribution is -0.160. The van der Waals surface area contributed by atoms with E-state index in [9.17, 15) is 9.59 Å². The van der Waals surface area contributed by atoms with E-state index >= 15 is 0 Å². The third-order valence-electron chi connectivity index (χ3n) is 3.70. The summed E-state index contributed by atoms with van der Waals surface area (Å²) >= 11 is 0. The molecule has 0 aromatic rings. The van der Waals surface area contributed by atoms with Crippen LogP contribution in [0, 0.1) is 11.3 Å². The van der Waals surface area contributed by atoms with E-state index < -0.39 is 11.4 Å². The van der Waals surface area contributed by atoms with Crippen molar-refractivity contribution in [1.29, 1.82) is 0 Å². The van der Waals surface area contributed by atoms with Crippen molar-refractivity contribution >= 4 is 11.9 Å². The number of carboxylic acid groups (broad SMARTS) is 1. The molecule has 0 aromatic heterocycles. The molecule has 1 N–H and O–H groups in total. The van der Waals surface area contributed by atoms with Gasteiger partial charge in [0, 0.05) is 12.6 Å². The Morgan fingerprint density at radius 1 is 1.31 bits per heavy atom. The Morgan fingerprint density at radius 2 is 1.88 bits per heavy atom. The molecule has 1 amide bonds. The lowest BCUT2D eigenvalue weighted by atomic mass is 9.86. The molecule has 0 saturated carbocycles. The van der Waals surface area contributed by atoms with Crippen LogP contribution in [0.15, 0.2) is 0 Å². The highest BCUT2D eigenvalue weighted by Crippen LogP contribution is 2.28. The van der Waals surface area contributed by atoms with Gasteiger partial charge in [0.1, 0.15) is 5.41 Å². The van der Waals surface area contributed by atoms with Crippen LogP contribution in [-0.4, -0.2) is 34.5 Å². The Bertz CT molecular complexity index is 299. The number of hydrogen-bond donors (Lipinski definition) is 1. The van der Waals surface area contributed by atoms with Crippen molar-refractivity contribution in [2.24, 2.45) is 11.3 Å². The van der Waals surface area contributed by atoms with E-state index in [4.69, 9.17) is 5.11 Å². The van der Waals surface area contributed by atoms with Crippen molar-refractivity contribution in [1.82, 2.24) is 4.90 Å². The first kappa shape index (κ1) is 13.0. The molecule has 0 bridgehead atoms. The zero-order chi connectivity index (χ0) is 12.5. The fraction of sp³-hybridized carbons (Fsp3) is 0.833. The highest BCUT2D eigenvalue weighted by Gasteiger charge is 2.42. The number of nitrogens with zero attached hydrogens (tertiary/aromatic N) is 1. The highest BCUT2D eigenvalue weighted by molar-refractivity contribution is 6.01. The van der Waals surface area contributed by atoms with Crippen molar-refractivity contribution in [3.05, 3.63) is 0 Å². The molecule has 2 unspecified atom stereocenters.